The van der Waals surface area contributed by atoms with E-state index in [2.05, 4.69) is 12.4 Å². The second kappa shape index (κ2) is 2.89. The molecular weight excluding hydrogens is 126 g/mol. The van der Waals surface area contributed by atoms with E-state index >= 15 is 0 Å². The molecule has 2 heteroatoms. The van der Waals surface area contributed by atoms with Gasteiger partial charge in [-0.15, -0.1) is 0 Å². The van der Waals surface area contributed by atoms with Crippen molar-refractivity contribution in [3.05, 3.63) is 5.21 Å². The van der Waals surface area contributed by atoms with Crippen molar-refractivity contribution in [3.63, 3.8) is 0 Å². The number of rotatable bonds is 1. The summed E-state index contributed by atoms with van der Waals surface area (Å²) in [6.45, 7) is 4.19. The molecule has 2 unspecified atom stereocenters. The second-order valence-corrected chi connectivity index (χ2v) is 3.67. The Bertz CT molecular complexity index is 116. The van der Waals surface area contributed by atoms with Crippen LogP contribution in [0.1, 0.15) is 39.5 Å². The first-order valence-corrected chi connectivity index (χ1v) is 4.08. The largest absolute Gasteiger partial charge is 0.787 e. The van der Waals surface area contributed by atoms with Gasteiger partial charge in [0.15, 0.2) is 0 Å². The Balaban J connectivity index is 2.54. The van der Waals surface area contributed by atoms with Crippen LogP contribution in [0.5, 0.6) is 0 Å². The average molecular weight is 142 g/mol. The minimum atomic E-state index is -0.127. The van der Waals surface area contributed by atoms with Gasteiger partial charge in [0, 0.05) is 5.54 Å². The Labute approximate surface area is 62.6 Å². The normalized spacial score (nSPS) is 41.7. The quantitative estimate of drug-likeness (QED) is 0.568. The molecule has 2 nitrogen and oxygen atoms in total. The second-order valence-electron chi connectivity index (χ2n) is 3.67. The molecule has 0 heterocycles. The van der Waals surface area contributed by atoms with Crippen LogP contribution in [0.15, 0.2) is 0 Å². The Kier molecular flexibility index (Phi) is 2.32. The molecule has 60 valence electrons. The molecule has 1 saturated carbocycles. The highest BCUT2D eigenvalue weighted by molar-refractivity contribution is 4.91. The number of hydrogen-bond acceptors (Lipinski definition) is 2. The lowest BCUT2D eigenvalue weighted by Gasteiger charge is -2.43. The average Bonchev–Trinajstić information content (AvgIpc) is 1.96. The Morgan fingerprint density at radius 1 is 1.50 bits per heavy atom. The molecule has 0 radical (unpaired) electrons. The lowest BCUT2D eigenvalue weighted by molar-refractivity contribution is 0.194. The SMILES string of the molecule is CC1CCCCC1(C)N[O-]. The summed E-state index contributed by atoms with van der Waals surface area (Å²) in [7, 11) is 0. The Morgan fingerprint density at radius 3 is 2.60 bits per heavy atom. The van der Waals surface area contributed by atoms with Crippen molar-refractivity contribution in [2.75, 3.05) is 0 Å². The molecule has 0 bridgehead atoms. The third kappa shape index (κ3) is 1.32. The molecule has 2 atom stereocenters. The third-order valence-electron chi connectivity index (χ3n) is 2.90. The molecule has 1 fully saturated rings. The monoisotopic (exact) mass is 142 g/mol. The van der Waals surface area contributed by atoms with Gasteiger partial charge in [-0.3, -0.25) is 0 Å². The molecule has 1 N–H and O–H groups in total. The predicted molar refractivity (Wildman–Crippen MR) is 42.5 cm³/mol. The fourth-order valence-electron chi connectivity index (χ4n) is 1.66. The lowest BCUT2D eigenvalue weighted by atomic mass is 9.76. The van der Waals surface area contributed by atoms with E-state index in [0.717, 1.165) is 6.42 Å². The van der Waals surface area contributed by atoms with E-state index in [1.165, 1.54) is 19.3 Å². The van der Waals surface area contributed by atoms with Crippen molar-refractivity contribution in [1.29, 1.82) is 0 Å². The topological polar surface area (TPSA) is 35.1 Å². The van der Waals surface area contributed by atoms with Crippen LogP contribution in [0.25, 0.3) is 0 Å². The first kappa shape index (κ1) is 8.02. The highest BCUT2D eigenvalue weighted by Crippen LogP contribution is 2.32. The molecule has 1 aliphatic carbocycles. The van der Waals surface area contributed by atoms with Crippen LogP contribution >= 0.6 is 0 Å². The molecule has 0 aromatic rings. The first-order valence-electron chi connectivity index (χ1n) is 4.08. The molecule has 0 aromatic heterocycles. The molecule has 1 rings (SSSR count). The fraction of sp³-hybridized carbons (Fsp3) is 1.00. The summed E-state index contributed by atoms with van der Waals surface area (Å²) in [5.74, 6) is 0.541. The van der Waals surface area contributed by atoms with Crippen molar-refractivity contribution in [2.24, 2.45) is 5.92 Å². The number of hydroxylamine groups is 1. The van der Waals surface area contributed by atoms with Crippen LogP contribution in [0, 0.1) is 11.1 Å². The van der Waals surface area contributed by atoms with Gasteiger partial charge in [0.05, 0.1) is 0 Å². The molecule has 10 heavy (non-hydrogen) atoms. The van der Waals surface area contributed by atoms with Crippen LogP contribution in [0.2, 0.25) is 0 Å². The fourth-order valence-corrected chi connectivity index (χ4v) is 1.66. The third-order valence-corrected chi connectivity index (χ3v) is 2.90. The summed E-state index contributed by atoms with van der Waals surface area (Å²) in [5.41, 5.74) is 2.05. The van der Waals surface area contributed by atoms with Crippen LogP contribution in [-0.2, 0) is 0 Å². The molecule has 0 saturated heterocycles. The minimum absolute atomic E-state index is 0.127. The van der Waals surface area contributed by atoms with E-state index in [9.17, 15) is 5.21 Å². The first-order chi connectivity index (χ1) is 4.69. The zero-order valence-corrected chi connectivity index (χ0v) is 6.81. The van der Waals surface area contributed by atoms with E-state index in [4.69, 9.17) is 0 Å². The van der Waals surface area contributed by atoms with Gasteiger partial charge >= 0.3 is 0 Å². The van der Waals surface area contributed by atoms with Crippen molar-refractivity contribution < 1.29 is 0 Å². The van der Waals surface area contributed by atoms with Crippen LogP contribution in [-0.4, -0.2) is 5.54 Å². The maximum Gasteiger partial charge on any atom is 0.00629 e. The van der Waals surface area contributed by atoms with Crippen LogP contribution < -0.4 is 5.48 Å². The van der Waals surface area contributed by atoms with Gasteiger partial charge in [0.2, 0.25) is 0 Å². The zero-order chi connectivity index (χ0) is 7.61. The van der Waals surface area contributed by atoms with E-state index < -0.39 is 0 Å². The van der Waals surface area contributed by atoms with Crippen LogP contribution in [0.4, 0.5) is 0 Å². The maximum atomic E-state index is 10.6. The lowest BCUT2D eigenvalue weighted by Crippen LogP contribution is -2.46. The summed E-state index contributed by atoms with van der Waals surface area (Å²) in [6, 6.07) is 0. The molecule has 0 aliphatic heterocycles. The van der Waals surface area contributed by atoms with E-state index in [-0.39, 0.29) is 5.54 Å². The van der Waals surface area contributed by atoms with Crippen molar-refractivity contribution in [3.8, 4) is 0 Å². The molecular formula is C8H16NO-. The molecule has 0 spiro atoms. The van der Waals surface area contributed by atoms with Gasteiger partial charge < -0.3 is 10.7 Å². The standard InChI is InChI=1S/C8H16NO/c1-7-5-3-4-6-8(7,2)9-10/h7,9H,3-6H2,1-2H3/q-1. The highest BCUT2D eigenvalue weighted by atomic mass is 16.5. The van der Waals surface area contributed by atoms with Crippen molar-refractivity contribution >= 4 is 0 Å². The summed E-state index contributed by atoms with van der Waals surface area (Å²) in [4.78, 5) is 0. The Morgan fingerprint density at radius 2 is 2.20 bits per heavy atom. The van der Waals surface area contributed by atoms with Gasteiger partial charge in [0.25, 0.3) is 0 Å². The van der Waals surface area contributed by atoms with E-state index in [1.807, 2.05) is 6.92 Å². The van der Waals surface area contributed by atoms with Crippen LogP contribution in [0.3, 0.4) is 0 Å². The molecule has 0 aromatic carbocycles. The van der Waals surface area contributed by atoms with Gasteiger partial charge in [-0.05, 0) is 25.7 Å². The van der Waals surface area contributed by atoms with E-state index in [0.29, 0.717) is 5.92 Å². The van der Waals surface area contributed by atoms with Gasteiger partial charge in [-0.2, -0.15) is 0 Å². The van der Waals surface area contributed by atoms with Gasteiger partial charge in [-0.1, -0.05) is 19.8 Å². The predicted octanol–water partition coefficient (Wildman–Crippen LogP) is 2.04. The summed E-state index contributed by atoms with van der Waals surface area (Å²) in [5, 5.41) is 10.6. The summed E-state index contributed by atoms with van der Waals surface area (Å²) >= 11 is 0. The Hall–Kier alpha value is -0.0800. The van der Waals surface area contributed by atoms with Crippen molar-refractivity contribution in [1.82, 2.24) is 5.48 Å². The van der Waals surface area contributed by atoms with Gasteiger partial charge in [0.1, 0.15) is 0 Å². The van der Waals surface area contributed by atoms with Crippen molar-refractivity contribution in [2.45, 2.75) is 45.1 Å². The zero-order valence-electron chi connectivity index (χ0n) is 6.81. The summed E-state index contributed by atoms with van der Waals surface area (Å²) in [6.07, 6.45) is 4.73. The smallest absolute Gasteiger partial charge is 0.00629 e. The highest BCUT2D eigenvalue weighted by Gasteiger charge is 2.29. The minimum Gasteiger partial charge on any atom is -0.787 e. The number of nitrogens with one attached hydrogen (secondary N) is 1. The number of hydrogen-bond donors (Lipinski definition) is 1. The van der Waals surface area contributed by atoms with Gasteiger partial charge in [-0.25, -0.2) is 0 Å². The summed E-state index contributed by atoms with van der Waals surface area (Å²) < 4.78 is 0. The molecule has 1 aliphatic rings. The molecule has 0 amide bonds. The maximum absolute atomic E-state index is 10.6. The van der Waals surface area contributed by atoms with E-state index in [1.54, 1.807) is 0 Å².